The van der Waals surface area contributed by atoms with Gasteiger partial charge in [-0.25, -0.2) is 13.2 Å². The Morgan fingerprint density at radius 3 is 2.43 bits per heavy atom. The van der Waals surface area contributed by atoms with Gasteiger partial charge in [-0.3, -0.25) is 14.8 Å². The number of aromatic carboxylic acids is 1. The Balaban J connectivity index is 2.57. The molecule has 8 nitrogen and oxygen atoms in total. The van der Waals surface area contributed by atoms with Crippen LogP contribution in [0.3, 0.4) is 0 Å². The predicted octanol–water partition coefficient (Wildman–Crippen LogP) is 2.40. The van der Waals surface area contributed by atoms with E-state index in [1.54, 1.807) is 0 Å². The Hall–Kier alpha value is -2.94. The Morgan fingerprint density at radius 1 is 1.17 bits per heavy atom. The summed E-state index contributed by atoms with van der Waals surface area (Å²) in [6, 6.07) is 9.08. The molecule has 0 aliphatic carbocycles. The first kappa shape index (κ1) is 16.4. The number of nitrogens with zero attached hydrogens (tertiary/aromatic N) is 1. The summed E-state index contributed by atoms with van der Waals surface area (Å²) in [4.78, 5) is 20.9. The van der Waals surface area contributed by atoms with Crippen LogP contribution in [-0.2, 0) is 10.0 Å². The van der Waals surface area contributed by atoms with Gasteiger partial charge >= 0.3 is 5.97 Å². The third-order valence-electron chi connectivity index (χ3n) is 3.09. The van der Waals surface area contributed by atoms with Crippen LogP contribution in [0.15, 0.2) is 47.4 Å². The summed E-state index contributed by atoms with van der Waals surface area (Å²) in [6.45, 7) is 1.53. The number of anilines is 1. The number of sulfonamides is 1. The van der Waals surface area contributed by atoms with Gasteiger partial charge in [-0.2, -0.15) is 0 Å². The van der Waals surface area contributed by atoms with E-state index >= 15 is 0 Å². The van der Waals surface area contributed by atoms with Crippen molar-refractivity contribution in [3.8, 4) is 0 Å². The lowest BCUT2D eigenvalue weighted by molar-refractivity contribution is -0.387. The minimum absolute atomic E-state index is 0.127. The van der Waals surface area contributed by atoms with Crippen molar-refractivity contribution in [1.29, 1.82) is 0 Å². The van der Waals surface area contributed by atoms with Gasteiger partial charge in [0.15, 0.2) is 4.90 Å². The number of rotatable bonds is 5. The van der Waals surface area contributed by atoms with Gasteiger partial charge in [0.25, 0.3) is 15.7 Å². The molecule has 0 aliphatic rings. The first-order valence-corrected chi connectivity index (χ1v) is 7.81. The van der Waals surface area contributed by atoms with Crippen molar-refractivity contribution in [2.75, 3.05) is 4.72 Å². The number of carboxylic acid groups (broad SMARTS) is 1. The van der Waals surface area contributed by atoms with E-state index in [4.69, 9.17) is 5.11 Å². The first-order chi connectivity index (χ1) is 10.7. The lowest BCUT2D eigenvalue weighted by atomic mass is 10.1. The second-order valence-corrected chi connectivity index (χ2v) is 6.28. The highest BCUT2D eigenvalue weighted by molar-refractivity contribution is 7.92. The first-order valence-electron chi connectivity index (χ1n) is 6.33. The molecular formula is C14H12N2O6S. The molecule has 2 rings (SSSR count). The van der Waals surface area contributed by atoms with E-state index in [1.165, 1.54) is 37.3 Å². The number of aryl methyl sites for hydroxylation is 1. The smallest absolute Gasteiger partial charge is 0.337 e. The van der Waals surface area contributed by atoms with E-state index in [-0.39, 0.29) is 11.3 Å². The van der Waals surface area contributed by atoms with E-state index in [1.807, 2.05) is 0 Å². The molecule has 0 heterocycles. The van der Waals surface area contributed by atoms with Gasteiger partial charge < -0.3 is 5.11 Å². The SMILES string of the molecule is Cc1cccc(C(=O)O)c1NS(=O)(=O)c1ccccc1[N+](=O)[O-]. The van der Waals surface area contributed by atoms with E-state index < -0.39 is 31.5 Å². The maximum Gasteiger partial charge on any atom is 0.337 e. The largest absolute Gasteiger partial charge is 0.478 e. The normalized spacial score (nSPS) is 11.0. The van der Waals surface area contributed by atoms with Crippen LogP contribution in [0.4, 0.5) is 11.4 Å². The number of hydrogen-bond acceptors (Lipinski definition) is 5. The van der Waals surface area contributed by atoms with E-state index in [0.29, 0.717) is 5.56 Å². The zero-order valence-electron chi connectivity index (χ0n) is 11.9. The summed E-state index contributed by atoms with van der Waals surface area (Å²) in [6.07, 6.45) is 0. The quantitative estimate of drug-likeness (QED) is 0.637. The van der Waals surface area contributed by atoms with Crippen LogP contribution in [0.25, 0.3) is 0 Å². The lowest BCUT2D eigenvalue weighted by Crippen LogP contribution is -2.17. The summed E-state index contributed by atoms with van der Waals surface area (Å²) in [5.41, 5.74) is -0.581. The Labute approximate surface area is 131 Å². The summed E-state index contributed by atoms with van der Waals surface area (Å²) in [7, 11) is -4.32. The van der Waals surface area contributed by atoms with Crippen molar-refractivity contribution in [2.45, 2.75) is 11.8 Å². The third kappa shape index (κ3) is 3.29. The predicted molar refractivity (Wildman–Crippen MR) is 82.0 cm³/mol. The molecule has 9 heteroatoms. The molecule has 0 fully saturated rings. The van der Waals surface area contributed by atoms with Gasteiger partial charge in [0.05, 0.1) is 16.2 Å². The van der Waals surface area contributed by atoms with Crippen LogP contribution in [0, 0.1) is 17.0 Å². The third-order valence-corrected chi connectivity index (χ3v) is 4.49. The zero-order valence-corrected chi connectivity index (χ0v) is 12.7. The van der Waals surface area contributed by atoms with Crippen molar-refractivity contribution in [3.63, 3.8) is 0 Å². The molecule has 0 bridgehead atoms. The zero-order chi connectivity index (χ0) is 17.2. The van der Waals surface area contributed by atoms with Gasteiger partial charge in [-0.05, 0) is 24.6 Å². The standard InChI is InChI=1S/C14H12N2O6S/c1-9-5-4-6-10(14(17)18)13(9)15-23(21,22)12-8-3-2-7-11(12)16(19)20/h2-8,15H,1H3,(H,17,18). The molecule has 0 aliphatic heterocycles. The Morgan fingerprint density at radius 2 is 1.83 bits per heavy atom. The highest BCUT2D eigenvalue weighted by atomic mass is 32.2. The van der Waals surface area contributed by atoms with Crippen molar-refractivity contribution >= 4 is 27.4 Å². The molecule has 0 atom stereocenters. The summed E-state index contributed by atoms with van der Waals surface area (Å²) in [5, 5.41) is 20.1. The molecule has 0 amide bonds. The van der Waals surface area contributed by atoms with E-state index in [0.717, 1.165) is 12.1 Å². The number of nitro benzene ring substituents is 1. The summed E-state index contributed by atoms with van der Waals surface area (Å²) < 4.78 is 27.0. The van der Waals surface area contributed by atoms with Gasteiger partial charge in [0.2, 0.25) is 0 Å². The second-order valence-electron chi connectivity index (χ2n) is 4.63. The monoisotopic (exact) mass is 336 g/mol. The highest BCUT2D eigenvalue weighted by Gasteiger charge is 2.27. The van der Waals surface area contributed by atoms with Gasteiger partial charge in [0, 0.05) is 6.07 Å². The fraction of sp³-hybridized carbons (Fsp3) is 0.0714. The molecule has 120 valence electrons. The van der Waals surface area contributed by atoms with Gasteiger partial charge in [0.1, 0.15) is 0 Å². The van der Waals surface area contributed by atoms with Crippen molar-refractivity contribution in [2.24, 2.45) is 0 Å². The van der Waals surface area contributed by atoms with Gasteiger partial charge in [-0.1, -0.05) is 24.3 Å². The molecule has 23 heavy (non-hydrogen) atoms. The molecule has 0 saturated heterocycles. The number of nitro groups is 1. The van der Waals surface area contributed by atoms with Crippen molar-refractivity contribution < 1.29 is 23.2 Å². The molecule has 0 unspecified atom stereocenters. The van der Waals surface area contributed by atoms with E-state index in [2.05, 4.69) is 4.72 Å². The minimum Gasteiger partial charge on any atom is -0.478 e. The van der Waals surface area contributed by atoms with E-state index in [9.17, 15) is 23.3 Å². The topological polar surface area (TPSA) is 127 Å². The number of carboxylic acids is 1. The average Bonchev–Trinajstić information content (AvgIpc) is 2.49. The van der Waals surface area contributed by atoms with Crippen molar-refractivity contribution in [3.05, 3.63) is 63.7 Å². The Kier molecular flexibility index (Phi) is 4.32. The molecule has 0 saturated carbocycles. The average molecular weight is 336 g/mol. The van der Waals surface area contributed by atoms with Crippen LogP contribution in [0.2, 0.25) is 0 Å². The maximum atomic E-state index is 12.4. The molecule has 2 aromatic rings. The molecule has 0 spiro atoms. The van der Waals surface area contributed by atoms with Gasteiger partial charge in [-0.15, -0.1) is 0 Å². The maximum absolute atomic E-state index is 12.4. The van der Waals surface area contributed by atoms with Crippen LogP contribution >= 0.6 is 0 Å². The second kappa shape index (κ2) is 6.05. The lowest BCUT2D eigenvalue weighted by Gasteiger charge is -2.13. The minimum atomic E-state index is -4.32. The summed E-state index contributed by atoms with van der Waals surface area (Å²) in [5.74, 6) is -1.31. The molecule has 0 aromatic heterocycles. The number of nitrogens with one attached hydrogen (secondary N) is 1. The van der Waals surface area contributed by atoms with Crippen LogP contribution < -0.4 is 4.72 Å². The number of carbonyl (C=O) groups is 1. The molecular weight excluding hydrogens is 324 g/mol. The van der Waals surface area contributed by atoms with Crippen molar-refractivity contribution in [1.82, 2.24) is 0 Å². The fourth-order valence-corrected chi connectivity index (χ4v) is 3.33. The number of hydrogen-bond donors (Lipinski definition) is 2. The number of benzene rings is 2. The van der Waals surface area contributed by atoms with Crippen LogP contribution in [0.1, 0.15) is 15.9 Å². The Bertz CT molecular complexity index is 892. The highest BCUT2D eigenvalue weighted by Crippen LogP contribution is 2.28. The fourth-order valence-electron chi connectivity index (χ4n) is 2.01. The van der Waals surface area contributed by atoms with Crippen LogP contribution in [-0.4, -0.2) is 24.4 Å². The molecule has 2 N–H and O–H groups in total. The molecule has 0 radical (unpaired) electrons. The van der Waals surface area contributed by atoms with Crippen LogP contribution in [0.5, 0.6) is 0 Å². The number of para-hydroxylation sites is 2. The molecule has 2 aromatic carbocycles. The summed E-state index contributed by atoms with van der Waals surface area (Å²) >= 11 is 0.